The second kappa shape index (κ2) is 6.87. The standard InChI is InChI=1S/C18H29N5/c1-5-21-11-9-19-18(21)17-8-6-7-10-22(17)12-16-13-23(14(2)3)20-15(16)4/h9,11,13-14,17H,5-8,10,12H2,1-4H3/t17-/m0/s1. The number of nitrogens with zero attached hydrogens (tertiary/aromatic N) is 5. The third-order valence-corrected chi connectivity index (χ3v) is 4.92. The van der Waals surface area contributed by atoms with Gasteiger partial charge in [0.2, 0.25) is 0 Å². The highest BCUT2D eigenvalue weighted by Gasteiger charge is 2.28. The Kier molecular flexibility index (Phi) is 4.85. The Labute approximate surface area is 139 Å². The molecule has 1 atom stereocenters. The highest BCUT2D eigenvalue weighted by atomic mass is 15.3. The third-order valence-electron chi connectivity index (χ3n) is 4.92. The van der Waals surface area contributed by atoms with Crippen molar-refractivity contribution in [2.45, 2.75) is 72.1 Å². The Morgan fingerprint density at radius 2 is 2.13 bits per heavy atom. The van der Waals surface area contributed by atoms with Gasteiger partial charge in [-0.2, -0.15) is 5.10 Å². The quantitative estimate of drug-likeness (QED) is 0.844. The summed E-state index contributed by atoms with van der Waals surface area (Å²) in [6.45, 7) is 11.8. The fraction of sp³-hybridized carbons (Fsp3) is 0.667. The van der Waals surface area contributed by atoms with Crippen molar-refractivity contribution in [3.63, 3.8) is 0 Å². The van der Waals surface area contributed by atoms with Gasteiger partial charge in [-0.1, -0.05) is 6.42 Å². The van der Waals surface area contributed by atoms with Crippen LogP contribution in [0.1, 0.15) is 69.2 Å². The smallest absolute Gasteiger partial charge is 0.126 e. The Hall–Kier alpha value is -1.62. The van der Waals surface area contributed by atoms with Crippen LogP contribution in [-0.2, 0) is 13.1 Å². The van der Waals surface area contributed by atoms with E-state index >= 15 is 0 Å². The molecular formula is C18H29N5. The molecule has 2 aromatic heterocycles. The summed E-state index contributed by atoms with van der Waals surface area (Å²) in [7, 11) is 0. The molecule has 0 amide bonds. The van der Waals surface area contributed by atoms with Crippen molar-refractivity contribution in [2.24, 2.45) is 0 Å². The van der Waals surface area contributed by atoms with Crippen molar-refractivity contribution >= 4 is 0 Å². The lowest BCUT2D eigenvalue weighted by molar-refractivity contribution is 0.130. The molecular weight excluding hydrogens is 286 g/mol. The van der Waals surface area contributed by atoms with E-state index < -0.39 is 0 Å². The number of aromatic nitrogens is 4. The van der Waals surface area contributed by atoms with E-state index in [1.165, 1.54) is 30.7 Å². The van der Waals surface area contributed by atoms with E-state index in [0.717, 1.165) is 25.3 Å². The van der Waals surface area contributed by atoms with Crippen LogP contribution in [0.15, 0.2) is 18.6 Å². The number of imidazole rings is 1. The molecule has 0 radical (unpaired) electrons. The number of hydrogen-bond acceptors (Lipinski definition) is 3. The average Bonchev–Trinajstić information content (AvgIpc) is 3.15. The van der Waals surface area contributed by atoms with Gasteiger partial charge in [-0.25, -0.2) is 4.98 Å². The maximum Gasteiger partial charge on any atom is 0.126 e. The van der Waals surface area contributed by atoms with Gasteiger partial charge in [0.15, 0.2) is 0 Å². The minimum absolute atomic E-state index is 0.415. The van der Waals surface area contributed by atoms with E-state index in [1.54, 1.807) is 0 Å². The molecule has 0 N–H and O–H groups in total. The van der Waals surface area contributed by atoms with Gasteiger partial charge < -0.3 is 4.57 Å². The number of hydrogen-bond donors (Lipinski definition) is 0. The first-order chi connectivity index (χ1) is 11.1. The molecule has 1 aliphatic heterocycles. The van der Waals surface area contributed by atoms with E-state index in [2.05, 4.69) is 64.3 Å². The van der Waals surface area contributed by atoms with Crippen LogP contribution in [0, 0.1) is 6.92 Å². The SMILES string of the molecule is CCn1ccnc1[C@@H]1CCCCN1Cc1cn(C(C)C)nc1C. The van der Waals surface area contributed by atoms with E-state index in [9.17, 15) is 0 Å². The molecule has 126 valence electrons. The van der Waals surface area contributed by atoms with E-state index in [-0.39, 0.29) is 0 Å². The van der Waals surface area contributed by atoms with Crippen LogP contribution in [0.25, 0.3) is 0 Å². The highest BCUT2D eigenvalue weighted by Crippen LogP contribution is 2.31. The maximum atomic E-state index is 4.67. The van der Waals surface area contributed by atoms with Crippen LogP contribution in [0.4, 0.5) is 0 Å². The van der Waals surface area contributed by atoms with Crippen molar-refractivity contribution in [1.29, 1.82) is 0 Å². The molecule has 0 saturated carbocycles. The van der Waals surface area contributed by atoms with Gasteiger partial charge in [-0.05, 0) is 47.1 Å². The largest absolute Gasteiger partial charge is 0.334 e. The molecule has 0 aliphatic carbocycles. The van der Waals surface area contributed by atoms with Gasteiger partial charge in [0.25, 0.3) is 0 Å². The summed E-state index contributed by atoms with van der Waals surface area (Å²) in [6, 6.07) is 0.846. The number of likely N-dealkylation sites (tertiary alicyclic amines) is 1. The summed E-state index contributed by atoms with van der Waals surface area (Å²) in [5, 5.41) is 4.67. The van der Waals surface area contributed by atoms with Crippen LogP contribution < -0.4 is 0 Å². The average molecular weight is 315 g/mol. The number of rotatable bonds is 5. The molecule has 1 fully saturated rings. The van der Waals surface area contributed by atoms with Crippen molar-refractivity contribution in [2.75, 3.05) is 6.54 Å². The topological polar surface area (TPSA) is 38.9 Å². The Bertz CT molecular complexity index is 640. The lowest BCUT2D eigenvalue weighted by atomic mass is 10.0. The maximum absolute atomic E-state index is 4.67. The van der Waals surface area contributed by atoms with Crippen LogP contribution in [0.3, 0.4) is 0 Å². The zero-order valence-electron chi connectivity index (χ0n) is 14.9. The van der Waals surface area contributed by atoms with Gasteiger partial charge in [-0.3, -0.25) is 9.58 Å². The fourth-order valence-corrected chi connectivity index (χ4v) is 3.52. The fourth-order valence-electron chi connectivity index (χ4n) is 3.52. The minimum atomic E-state index is 0.415. The summed E-state index contributed by atoms with van der Waals surface area (Å²) in [5.74, 6) is 1.22. The summed E-state index contributed by atoms with van der Waals surface area (Å²) >= 11 is 0. The zero-order valence-corrected chi connectivity index (χ0v) is 14.9. The molecule has 0 bridgehead atoms. The van der Waals surface area contributed by atoms with Crippen molar-refractivity contribution in [3.8, 4) is 0 Å². The predicted octanol–water partition coefficient (Wildman–Crippen LogP) is 3.72. The van der Waals surface area contributed by atoms with E-state index in [4.69, 9.17) is 0 Å². The second-order valence-corrected chi connectivity index (χ2v) is 6.87. The summed E-state index contributed by atoms with van der Waals surface area (Å²) in [5.41, 5.74) is 2.50. The first-order valence-electron chi connectivity index (χ1n) is 8.89. The number of piperidine rings is 1. The molecule has 2 aromatic rings. The Morgan fingerprint density at radius 1 is 1.30 bits per heavy atom. The first kappa shape index (κ1) is 16.2. The molecule has 1 aliphatic rings. The van der Waals surface area contributed by atoms with Crippen LogP contribution in [0.5, 0.6) is 0 Å². The normalized spacial score (nSPS) is 19.6. The summed E-state index contributed by atoms with van der Waals surface area (Å²) in [6.07, 6.45) is 10.0. The van der Waals surface area contributed by atoms with Crippen molar-refractivity contribution in [3.05, 3.63) is 35.7 Å². The van der Waals surface area contributed by atoms with Crippen LogP contribution in [0.2, 0.25) is 0 Å². The summed E-state index contributed by atoms with van der Waals surface area (Å²) in [4.78, 5) is 7.25. The third kappa shape index (κ3) is 3.34. The second-order valence-electron chi connectivity index (χ2n) is 6.87. The van der Waals surface area contributed by atoms with Gasteiger partial charge in [0.05, 0.1) is 11.7 Å². The molecule has 5 nitrogen and oxygen atoms in total. The van der Waals surface area contributed by atoms with Crippen LogP contribution in [-0.4, -0.2) is 30.8 Å². The van der Waals surface area contributed by atoms with Crippen molar-refractivity contribution < 1.29 is 0 Å². The molecule has 5 heteroatoms. The Morgan fingerprint density at radius 3 is 2.83 bits per heavy atom. The van der Waals surface area contributed by atoms with E-state index in [0.29, 0.717) is 12.1 Å². The van der Waals surface area contributed by atoms with Gasteiger partial charge >= 0.3 is 0 Å². The van der Waals surface area contributed by atoms with Gasteiger partial charge in [0.1, 0.15) is 5.82 Å². The predicted molar refractivity (Wildman–Crippen MR) is 92.3 cm³/mol. The first-order valence-corrected chi connectivity index (χ1v) is 8.89. The summed E-state index contributed by atoms with van der Waals surface area (Å²) < 4.78 is 4.37. The van der Waals surface area contributed by atoms with Crippen LogP contribution >= 0.6 is 0 Å². The van der Waals surface area contributed by atoms with Crippen molar-refractivity contribution in [1.82, 2.24) is 24.2 Å². The molecule has 23 heavy (non-hydrogen) atoms. The van der Waals surface area contributed by atoms with E-state index in [1.807, 2.05) is 6.20 Å². The van der Waals surface area contributed by atoms with Gasteiger partial charge in [0, 0.05) is 43.3 Å². The molecule has 0 aromatic carbocycles. The molecule has 3 heterocycles. The van der Waals surface area contributed by atoms with Gasteiger partial charge in [-0.15, -0.1) is 0 Å². The molecule has 0 spiro atoms. The minimum Gasteiger partial charge on any atom is -0.334 e. The zero-order chi connectivity index (χ0) is 16.4. The lowest BCUT2D eigenvalue weighted by Crippen LogP contribution is -2.34. The highest BCUT2D eigenvalue weighted by molar-refractivity contribution is 5.16. The number of aryl methyl sites for hydroxylation is 2. The molecule has 0 unspecified atom stereocenters. The lowest BCUT2D eigenvalue weighted by Gasteiger charge is -2.35. The molecule has 3 rings (SSSR count). The Balaban J connectivity index is 1.82. The molecule has 1 saturated heterocycles. The monoisotopic (exact) mass is 315 g/mol.